The molecule has 0 radical (unpaired) electrons. The summed E-state index contributed by atoms with van der Waals surface area (Å²) in [6, 6.07) is 8.35. The molecule has 3 rings (SSSR count). The van der Waals surface area contributed by atoms with Crippen molar-refractivity contribution in [2.75, 3.05) is 42.3 Å². The molecule has 2 atom stereocenters. The fraction of sp³-hybridized carbons (Fsp3) is 0.375. The molecule has 0 saturated carbocycles. The highest BCUT2D eigenvalue weighted by molar-refractivity contribution is 7.84. The Morgan fingerprint density at radius 3 is 2.73 bits per heavy atom. The molecule has 1 aliphatic heterocycles. The predicted molar refractivity (Wildman–Crippen MR) is 141 cm³/mol. The van der Waals surface area contributed by atoms with E-state index < -0.39 is 16.8 Å². The molecule has 0 bridgehead atoms. The van der Waals surface area contributed by atoms with Gasteiger partial charge in [0.1, 0.15) is 5.82 Å². The molecular weight excluding hydrogens is 498 g/mol. The Kier molecular flexibility index (Phi) is 10.1. The SMILES string of the molecule is CC(=O)NCCS(=O)Cc1cc(N2CCOC[C@@H]2C)nc(-c2ccc(NC(=O)NC(=[NH2+])/C=C\O)cc2)n1. The van der Waals surface area contributed by atoms with Gasteiger partial charge in [-0.25, -0.2) is 14.8 Å². The number of urea groups is 1. The van der Waals surface area contributed by atoms with Gasteiger partial charge in [-0.15, -0.1) is 0 Å². The van der Waals surface area contributed by atoms with E-state index in [0.29, 0.717) is 54.8 Å². The van der Waals surface area contributed by atoms with E-state index in [9.17, 15) is 13.8 Å². The van der Waals surface area contributed by atoms with E-state index in [1.807, 2.05) is 6.07 Å². The van der Waals surface area contributed by atoms with Crippen LogP contribution in [0.15, 0.2) is 42.7 Å². The summed E-state index contributed by atoms with van der Waals surface area (Å²) in [6.45, 7) is 5.64. The first-order chi connectivity index (χ1) is 17.7. The molecule has 37 heavy (non-hydrogen) atoms. The Morgan fingerprint density at radius 2 is 2.05 bits per heavy atom. The molecule has 1 unspecified atom stereocenters. The minimum atomic E-state index is -1.23. The lowest BCUT2D eigenvalue weighted by molar-refractivity contribution is -0.119. The third kappa shape index (κ3) is 8.65. The Balaban J connectivity index is 1.80. The van der Waals surface area contributed by atoms with Crippen LogP contribution in [0.4, 0.5) is 16.3 Å². The number of aliphatic hydroxyl groups is 1. The Labute approximate surface area is 217 Å². The van der Waals surface area contributed by atoms with Gasteiger partial charge in [-0.1, -0.05) is 0 Å². The molecular formula is C24H32N7O5S+. The van der Waals surface area contributed by atoms with E-state index in [-0.39, 0.29) is 23.5 Å². The second kappa shape index (κ2) is 13.5. The second-order valence-corrected chi connectivity index (χ2v) is 9.93. The lowest BCUT2D eigenvalue weighted by Gasteiger charge is -2.34. The highest BCUT2D eigenvalue weighted by Crippen LogP contribution is 2.25. The van der Waals surface area contributed by atoms with Crippen molar-refractivity contribution >= 4 is 40.1 Å². The van der Waals surface area contributed by atoms with Crippen LogP contribution in [-0.2, 0) is 26.1 Å². The lowest BCUT2D eigenvalue weighted by atomic mass is 10.2. The smallest absolute Gasteiger partial charge is 0.411 e. The van der Waals surface area contributed by atoms with Gasteiger partial charge in [0.2, 0.25) is 5.91 Å². The zero-order chi connectivity index (χ0) is 26.8. The van der Waals surface area contributed by atoms with Crippen LogP contribution in [0.5, 0.6) is 0 Å². The number of rotatable bonds is 9. The van der Waals surface area contributed by atoms with Crippen LogP contribution in [0.1, 0.15) is 19.5 Å². The monoisotopic (exact) mass is 530 g/mol. The summed E-state index contributed by atoms with van der Waals surface area (Å²) in [5, 5.41) is 21.9. The van der Waals surface area contributed by atoms with Gasteiger partial charge in [0.25, 0.3) is 5.84 Å². The van der Waals surface area contributed by atoms with Gasteiger partial charge in [0, 0.05) is 53.9 Å². The minimum absolute atomic E-state index is 0.0128. The van der Waals surface area contributed by atoms with E-state index in [4.69, 9.17) is 20.2 Å². The maximum atomic E-state index is 12.6. The van der Waals surface area contributed by atoms with E-state index in [1.54, 1.807) is 24.3 Å². The molecule has 12 nitrogen and oxygen atoms in total. The van der Waals surface area contributed by atoms with E-state index >= 15 is 0 Å². The molecule has 198 valence electrons. The summed E-state index contributed by atoms with van der Waals surface area (Å²) in [7, 11) is -1.23. The van der Waals surface area contributed by atoms with E-state index in [1.165, 1.54) is 6.92 Å². The molecule has 1 aromatic carbocycles. The van der Waals surface area contributed by atoms with Gasteiger partial charge in [-0.05, 0) is 31.2 Å². The summed E-state index contributed by atoms with van der Waals surface area (Å²) in [4.78, 5) is 34.7. The molecule has 1 aromatic heterocycles. The third-order valence-electron chi connectivity index (χ3n) is 5.35. The fourth-order valence-electron chi connectivity index (χ4n) is 3.60. The number of benzene rings is 1. The molecule has 2 aromatic rings. The van der Waals surface area contributed by atoms with Gasteiger partial charge < -0.3 is 20.1 Å². The fourth-order valence-corrected chi connectivity index (χ4v) is 4.55. The first-order valence-electron chi connectivity index (χ1n) is 11.7. The van der Waals surface area contributed by atoms with Crippen molar-refractivity contribution in [3.63, 3.8) is 0 Å². The van der Waals surface area contributed by atoms with Crippen molar-refractivity contribution in [1.29, 1.82) is 0 Å². The first kappa shape index (κ1) is 27.7. The van der Waals surface area contributed by atoms with E-state index in [2.05, 4.69) is 32.8 Å². The number of aliphatic hydroxyl groups excluding tert-OH is 1. The number of hydrogen-bond acceptors (Lipinski definition) is 8. The molecule has 1 aliphatic rings. The number of ether oxygens (including phenoxy) is 1. The van der Waals surface area contributed by atoms with Gasteiger partial charge in [-0.3, -0.25) is 19.7 Å². The summed E-state index contributed by atoms with van der Waals surface area (Å²) in [5.41, 5.74) is 1.86. The minimum Gasteiger partial charge on any atom is -0.515 e. The number of amides is 3. The van der Waals surface area contributed by atoms with Crippen molar-refractivity contribution in [2.24, 2.45) is 0 Å². The number of nitrogens with one attached hydrogen (secondary N) is 3. The topological polar surface area (TPSA) is 171 Å². The molecule has 13 heteroatoms. The van der Waals surface area contributed by atoms with Crippen molar-refractivity contribution in [2.45, 2.75) is 25.6 Å². The van der Waals surface area contributed by atoms with E-state index in [0.717, 1.165) is 18.2 Å². The molecule has 3 amide bonds. The van der Waals surface area contributed by atoms with Crippen LogP contribution in [0.25, 0.3) is 11.4 Å². The zero-order valence-electron chi connectivity index (χ0n) is 20.8. The normalized spacial score (nSPS) is 16.3. The highest BCUT2D eigenvalue weighted by atomic mass is 32.2. The summed E-state index contributed by atoms with van der Waals surface area (Å²) >= 11 is 0. The quantitative estimate of drug-likeness (QED) is 0.173. The van der Waals surface area contributed by atoms with Gasteiger partial charge in [-0.2, -0.15) is 5.32 Å². The number of carbonyl (C=O) groups is 2. The number of carbonyl (C=O) groups excluding carboxylic acids is 2. The molecule has 1 fully saturated rings. The van der Waals surface area contributed by atoms with Gasteiger partial charge >= 0.3 is 6.03 Å². The number of morpholine rings is 1. The maximum absolute atomic E-state index is 12.6. The largest absolute Gasteiger partial charge is 0.515 e. The third-order valence-corrected chi connectivity index (χ3v) is 6.63. The Bertz CT molecular complexity index is 1170. The number of amidine groups is 1. The Hall–Kier alpha value is -3.84. The molecule has 0 aliphatic carbocycles. The van der Waals surface area contributed by atoms with Crippen molar-refractivity contribution < 1.29 is 29.1 Å². The predicted octanol–water partition coefficient (Wildman–Crippen LogP) is 0.104. The standard InChI is InChI=1S/C24H31N7O5S/c1-16-14-36-11-9-31(16)22-13-20(15-37(35)12-8-26-17(2)33)27-23(30-22)18-3-5-19(6-4-18)28-24(34)29-21(25)7-10-32/h3-7,10,13,16,32H,8-9,11-12,14-15H2,1-2H3,(H,26,33)(H3,25,28,29,34)/p+1/b10-7-/t16-,37?/m0/s1. The van der Waals surface area contributed by atoms with Gasteiger partial charge in [0.15, 0.2) is 5.82 Å². The Morgan fingerprint density at radius 1 is 1.30 bits per heavy atom. The van der Waals surface area contributed by atoms with Crippen LogP contribution in [0, 0.1) is 0 Å². The molecule has 0 spiro atoms. The average molecular weight is 531 g/mol. The van der Waals surface area contributed by atoms with Crippen molar-refractivity contribution in [3.8, 4) is 11.4 Å². The first-order valence-corrected chi connectivity index (χ1v) is 13.2. The highest BCUT2D eigenvalue weighted by Gasteiger charge is 2.22. The van der Waals surface area contributed by atoms with Crippen LogP contribution < -0.4 is 26.3 Å². The molecule has 2 heterocycles. The number of nitrogens with two attached hydrogens (primary N) is 1. The molecule has 6 N–H and O–H groups in total. The maximum Gasteiger partial charge on any atom is 0.411 e. The van der Waals surface area contributed by atoms with Crippen molar-refractivity contribution in [3.05, 3.63) is 48.4 Å². The average Bonchev–Trinajstić information content (AvgIpc) is 2.84. The summed E-state index contributed by atoms with van der Waals surface area (Å²) in [5.74, 6) is 1.55. The van der Waals surface area contributed by atoms with Crippen LogP contribution in [0.2, 0.25) is 0 Å². The number of anilines is 2. The van der Waals surface area contributed by atoms with Crippen molar-refractivity contribution in [1.82, 2.24) is 20.6 Å². The zero-order valence-corrected chi connectivity index (χ0v) is 21.6. The lowest BCUT2D eigenvalue weighted by Crippen LogP contribution is -2.50. The number of nitrogens with zero attached hydrogens (tertiary/aromatic N) is 3. The van der Waals surface area contributed by atoms with Crippen LogP contribution in [-0.4, -0.2) is 75.2 Å². The summed E-state index contributed by atoms with van der Waals surface area (Å²) in [6.07, 6.45) is 1.87. The van der Waals surface area contributed by atoms with Crippen LogP contribution in [0.3, 0.4) is 0 Å². The molecule has 1 saturated heterocycles. The number of hydrogen-bond donors (Lipinski definition) is 5. The number of aromatic nitrogens is 2. The van der Waals surface area contributed by atoms with Crippen LogP contribution >= 0.6 is 0 Å². The second-order valence-electron chi connectivity index (χ2n) is 8.36. The van der Waals surface area contributed by atoms with Gasteiger partial charge in [0.05, 0.1) is 43.0 Å². The summed E-state index contributed by atoms with van der Waals surface area (Å²) < 4.78 is 18.2.